The van der Waals surface area contributed by atoms with Gasteiger partial charge in [-0.3, -0.25) is 4.68 Å². The summed E-state index contributed by atoms with van der Waals surface area (Å²) < 4.78 is 7.95. The van der Waals surface area contributed by atoms with E-state index in [-0.39, 0.29) is 11.5 Å². The topological polar surface area (TPSA) is 47.3 Å². The molecule has 1 aliphatic rings. The monoisotopic (exact) mass is 286 g/mol. The molecule has 0 saturated carbocycles. The van der Waals surface area contributed by atoms with Crippen molar-refractivity contribution in [3.05, 3.63) is 47.3 Å². The van der Waals surface area contributed by atoms with Crippen LogP contribution in [0.1, 0.15) is 56.2 Å². The molecule has 2 atom stereocenters. The van der Waals surface area contributed by atoms with Crippen molar-refractivity contribution >= 4 is 0 Å². The quantitative estimate of drug-likeness (QED) is 0.875. The van der Waals surface area contributed by atoms with E-state index in [0.717, 1.165) is 22.6 Å². The van der Waals surface area contributed by atoms with Gasteiger partial charge in [-0.25, -0.2) is 0 Å². The van der Waals surface area contributed by atoms with Gasteiger partial charge in [-0.15, -0.1) is 0 Å². The van der Waals surface area contributed by atoms with Crippen LogP contribution in [0.15, 0.2) is 30.5 Å². The fourth-order valence-corrected chi connectivity index (χ4v) is 2.91. The normalized spacial score (nSPS) is 21.8. The maximum absolute atomic E-state index is 10.4. The molecule has 0 saturated heterocycles. The zero-order valence-corrected chi connectivity index (χ0v) is 13.0. The first-order chi connectivity index (χ1) is 9.86. The molecule has 0 radical (unpaired) electrons. The van der Waals surface area contributed by atoms with Gasteiger partial charge in [0.1, 0.15) is 11.9 Å². The van der Waals surface area contributed by atoms with Crippen LogP contribution in [0.25, 0.3) is 0 Å². The van der Waals surface area contributed by atoms with Crippen LogP contribution >= 0.6 is 0 Å². The van der Waals surface area contributed by atoms with Crippen molar-refractivity contribution in [2.45, 2.75) is 44.8 Å². The van der Waals surface area contributed by atoms with Gasteiger partial charge in [0.2, 0.25) is 0 Å². The molecule has 2 heterocycles. The zero-order valence-electron chi connectivity index (χ0n) is 13.0. The molecule has 0 amide bonds. The number of nitrogens with zero attached hydrogens (tertiary/aromatic N) is 2. The fraction of sp³-hybridized carbons (Fsp3) is 0.471. The highest BCUT2D eigenvalue weighted by molar-refractivity contribution is 5.39. The third kappa shape index (κ3) is 2.56. The number of aryl methyl sites for hydroxylation is 1. The lowest BCUT2D eigenvalue weighted by Crippen LogP contribution is -2.22. The van der Waals surface area contributed by atoms with Crippen LogP contribution in [-0.2, 0) is 12.5 Å². The minimum atomic E-state index is -0.493. The van der Waals surface area contributed by atoms with E-state index in [9.17, 15) is 5.11 Å². The van der Waals surface area contributed by atoms with Crippen molar-refractivity contribution in [3.63, 3.8) is 0 Å². The zero-order chi connectivity index (χ0) is 15.2. The number of fused-ring (bicyclic) bond motifs is 1. The summed E-state index contributed by atoms with van der Waals surface area (Å²) in [5, 5.41) is 15.0. The van der Waals surface area contributed by atoms with Crippen LogP contribution < -0.4 is 4.74 Å². The number of aliphatic hydroxyl groups excluding tert-OH is 1. The Morgan fingerprint density at radius 2 is 1.95 bits per heavy atom. The van der Waals surface area contributed by atoms with Crippen molar-refractivity contribution in [2.75, 3.05) is 0 Å². The van der Waals surface area contributed by atoms with Crippen LogP contribution in [0.3, 0.4) is 0 Å². The lowest BCUT2D eigenvalue weighted by atomic mass is 9.86. The average molecular weight is 286 g/mol. The number of ether oxygens (including phenoxy) is 1. The summed E-state index contributed by atoms with van der Waals surface area (Å²) >= 11 is 0. The predicted octanol–water partition coefficient (Wildman–Crippen LogP) is 3.27. The molecule has 3 rings (SSSR count). The van der Waals surface area contributed by atoms with E-state index in [2.05, 4.69) is 25.9 Å². The predicted molar refractivity (Wildman–Crippen MR) is 81.3 cm³/mol. The third-order valence-corrected chi connectivity index (χ3v) is 3.90. The van der Waals surface area contributed by atoms with Gasteiger partial charge < -0.3 is 9.84 Å². The Morgan fingerprint density at radius 1 is 1.24 bits per heavy atom. The Bertz CT molecular complexity index is 655. The van der Waals surface area contributed by atoms with E-state index < -0.39 is 6.10 Å². The number of hydrogen-bond donors (Lipinski definition) is 1. The van der Waals surface area contributed by atoms with Gasteiger partial charge in [-0.1, -0.05) is 39.0 Å². The minimum Gasteiger partial charge on any atom is -0.485 e. The second-order valence-electron chi connectivity index (χ2n) is 6.75. The highest BCUT2D eigenvalue weighted by atomic mass is 16.5. The fourth-order valence-electron chi connectivity index (χ4n) is 2.91. The first kappa shape index (κ1) is 14.1. The molecule has 112 valence electrons. The molecule has 4 nitrogen and oxygen atoms in total. The van der Waals surface area contributed by atoms with Crippen LogP contribution in [0.4, 0.5) is 0 Å². The van der Waals surface area contributed by atoms with Gasteiger partial charge in [0.15, 0.2) is 0 Å². The van der Waals surface area contributed by atoms with Crippen molar-refractivity contribution in [3.8, 4) is 5.75 Å². The summed E-state index contributed by atoms with van der Waals surface area (Å²) in [7, 11) is 1.92. The Balaban J connectivity index is 2.00. The lowest BCUT2D eigenvalue weighted by Gasteiger charge is -2.31. The Kier molecular flexibility index (Phi) is 3.29. The van der Waals surface area contributed by atoms with Gasteiger partial charge >= 0.3 is 0 Å². The van der Waals surface area contributed by atoms with Crippen LogP contribution in [-0.4, -0.2) is 14.9 Å². The third-order valence-electron chi connectivity index (χ3n) is 3.90. The second kappa shape index (κ2) is 4.88. The minimum absolute atomic E-state index is 0.0537. The Morgan fingerprint density at radius 3 is 2.67 bits per heavy atom. The molecule has 0 spiro atoms. The van der Waals surface area contributed by atoms with Crippen molar-refractivity contribution in [2.24, 2.45) is 7.05 Å². The average Bonchev–Trinajstić information content (AvgIpc) is 2.81. The van der Waals surface area contributed by atoms with E-state index in [4.69, 9.17) is 4.74 Å². The summed E-state index contributed by atoms with van der Waals surface area (Å²) in [6, 6.07) is 7.69. The lowest BCUT2D eigenvalue weighted by molar-refractivity contribution is 0.0649. The highest BCUT2D eigenvalue weighted by Crippen LogP contribution is 2.42. The van der Waals surface area contributed by atoms with E-state index >= 15 is 0 Å². The van der Waals surface area contributed by atoms with Crippen LogP contribution in [0.5, 0.6) is 5.75 Å². The molecule has 0 fully saturated rings. The van der Waals surface area contributed by atoms with Crippen molar-refractivity contribution < 1.29 is 9.84 Å². The molecule has 4 heteroatoms. The largest absolute Gasteiger partial charge is 0.485 e. The van der Waals surface area contributed by atoms with Gasteiger partial charge in [0.05, 0.1) is 11.8 Å². The van der Waals surface area contributed by atoms with Crippen LogP contribution in [0, 0.1) is 0 Å². The number of benzene rings is 1. The molecule has 0 aliphatic carbocycles. The number of para-hydroxylation sites is 1. The summed E-state index contributed by atoms with van der Waals surface area (Å²) in [4.78, 5) is 0. The van der Waals surface area contributed by atoms with Crippen LogP contribution in [0.2, 0.25) is 0 Å². The van der Waals surface area contributed by atoms with Crippen molar-refractivity contribution in [1.29, 1.82) is 0 Å². The maximum Gasteiger partial charge on any atom is 0.130 e. The standard InChI is InChI=1S/C17H22N2O2/c1-17(2,3)16-12(10-19(4)18-16)15-9-13(20)11-7-5-6-8-14(11)21-15/h5-8,10,13,15,20H,9H2,1-4H3/t13-,15?/m1/s1. The van der Waals surface area contributed by atoms with E-state index in [1.54, 1.807) is 0 Å². The SMILES string of the molecule is Cn1cc(C2C[C@@H](O)c3ccccc3O2)c(C(C)(C)C)n1. The first-order valence-corrected chi connectivity index (χ1v) is 7.34. The summed E-state index contributed by atoms with van der Waals surface area (Å²) in [6.45, 7) is 6.43. The maximum atomic E-state index is 10.4. The van der Waals surface area contributed by atoms with E-state index in [1.807, 2.05) is 42.2 Å². The highest BCUT2D eigenvalue weighted by Gasteiger charge is 2.33. The van der Waals surface area contributed by atoms with E-state index in [0.29, 0.717) is 6.42 Å². The molecule has 1 N–H and O–H groups in total. The molecule has 2 aromatic rings. The first-order valence-electron chi connectivity index (χ1n) is 7.34. The number of hydrogen-bond acceptors (Lipinski definition) is 3. The Hall–Kier alpha value is -1.81. The molecular weight excluding hydrogens is 264 g/mol. The molecule has 1 aliphatic heterocycles. The number of aliphatic hydroxyl groups is 1. The molecular formula is C17H22N2O2. The molecule has 0 bridgehead atoms. The van der Waals surface area contributed by atoms with Gasteiger partial charge in [0.25, 0.3) is 0 Å². The molecule has 21 heavy (non-hydrogen) atoms. The van der Waals surface area contributed by atoms with Gasteiger partial charge in [-0.05, 0) is 6.07 Å². The number of rotatable bonds is 1. The Labute approximate surface area is 125 Å². The summed E-state index contributed by atoms with van der Waals surface area (Å²) in [5.41, 5.74) is 2.91. The van der Waals surface area contributed by atoms with Gasteiger partial charge in [-0.2, -0.15) is 5.10 Å². The molecule has 1 aromatic heterocycles. The summed E-state index contributed by atoms with van der Waals surface area (Å²) in [6.07, 6.45) is 1.92. The molecule has 1 aromatic carbocycles. The number of aromatic nitrogens is 2. The van der Waals surface area contributed by atoms with Crippen molar-refractivity contribution in [1.82, 2.24) is 9.78 Å². The summed E-state index contributed by atoms with van der Waals surface area (Å²) in [5.74, 6) is 0.768. The second-order valence-corrected chi connectivity index (χ2v) is 6.75. The van der Waals surface area contributed by atoms with Gasteiger partial charge in [0, 0.05) is 36.2 Å². The van der Waals surface area contributed by atoms with E-state index in [1.165, 1.54) is 0 Å². The molecule has 1 unspecified atom stereocenters. The smallest absolute Gasteiger partial charge is 0.130 e.